The maximum absolute atomic E-state index is 12.1. The van der Waals surface area contributed by atoms with Crippen molar-refractivity contribution in [1.29, 1.82) is 0 Å². The topological polar surface area (TPSA) is 70.2 Å². The minimum absolute atomic E-state index is 0.0599. The highest BCUT2D eigenvalue weighted by atomic mass is 32.1. The third-order valence-electron chi connectivity index (χ3n) is 4.25. The van der Waals surface area contributed by atoms with Crippen molar-refractivity contribution >= 4 is 29.0 Å². The number of carbonyl (C=O) groups excluding carboxylic acids is 2. The molecule has 0 fully saturated rings. The predicted octanol–water partition coefficient (Wildman–Crippen LogP) is 3.50. The number of hydrogen-bond donors (Lipinski definition) is 3. The van der Waals surface area contributed by atoms with E-state index < -0.39 is 0 Å². The molecule has 0 bridgehead atoms. The summed E-state index contributed by atoms with van der Waals surface area (Å²) in [5.74, 6) is 0.0599. The highest BCUT2D eigenvalue weighted by Crippen LogP contribution is 2.26. The van der Waals surface area contributed by atoms with Crippen molar-refractivity contribution in [3.8, 4) is 0 Å². The number of nitrogens with one attached hydrogen (secondary N) is 3. The molecule has 0 saturated heterocycles. The fraction of sp³-hybridized carbons (Fsp3) is 0.333. The number of hydrogen-bond acceptors (Lipinski definition) is 3. The van der Waals surface area contributed by atoms with Gasteiger partial charge in [0, 0.05) is 17.0 Å². The summed E-state index contributed by atoms with van der Waals surface area (Å²) in [5, 5.41) is 10.8. The number of fused-ring (bicyclic) bond motifs is 1. The van der Waals surface area contributed by atoms with E-state index in [1.165, 1.54) is 10.4 Å². The third kappa shape index (κ3) is 3.76. The second-order valence-corrected chi connectivity index (χ2v) is 7.04. The molecule has 2 aromatic rings. The molecular weight excluding hydrogens is 322 g/mol. The van der Waals surface area contributed by atoms with Crippen molar-refractivity contribution in [2.45, 2.75) is 39.3 Å². The zero-order valence-electron chi connectivity index (χ0n) is 13.8. The smallest absolute Gasteiger partial charge is 0.315 e. The van der Waals surface area contributed by atoms with Crippen LogP contribution in [0.25, 0.3) is 0 Å². The molecule has 1 atom stereocenters. The van der Waals surface area contributed by atoms with Gasteiger partial charge in [-0.2, -0.15) is 0 Å². The molecule has 0 saturated carbocycles. The van der Waals surface area contributed by atoms with Crippen LogP contribution in [0.15, 0.2) is 29.6 Å². The van der Waals surface area contributed by atoms with E-state index in [4.69, 9.17) is 0 Å². The summed E-state index contributed by atoms with van der Waals surface area (Å²) in [6.45, 7) is 4.54. The number of rotatable bonds is 4. The van der Waals surface area contributed by atoms with E-state index in [0.717, 1.165) is 23.2 Å². The Balaban J connectivity index is 1.58. The summed E-state index contributed by atoms with van der Waals surface area (Å²) in [7, 11) is 0. The number of anilines is 1. The maximum atomic E-state index is 12.1. The standard InChI is InChI=1S/C18H21N3O2S/c1-11-7-8-24-16(11)10-19-18(23)20-12(2)13-3-5-15-14(9-13)4-6-17(22)21-15/h3,5,7-9,12H,4,6,10H2,1-2H3,(H,21,22)(H2,19,20,23)/t12-/m0/s1. The van der Waals surface area contributed by atoms with Crippen LogP contribution < -0.4 is 16.0 Å². The van der Waals surface area contributed by atoms with Crippen LogP contribution in [0, 0.1) is 6.92 Å². The van der Waals surface area contributed by atoms with Gasteiger partial charge in [0.05, 0.1) is 12.6 Å². The molecule has 3 rings (SSSR count). The Morgan fingerprint density at radius 1 is 1.33 bits per heavy atom. The number of urea groups is 1. The zero-order chi connectivity index (χ0) is 17.1. The Kier molecular flexibility index (Phi) is 4.85. The SMILES string of the molecule is Cc1ccsc1CNC(=O)N[C@@H](C)c1ccc2c(c1)CCC(=O)N2. The van der Waals surface area contributed by atoms with Gasteiger partial charge in [-0.15, -0.1) is 11.3 Å². The van der Waals surface area contributed by atoms with Crippen LogP contribution in [0.4, 0.5) is 10.5 Å². The van der Waals surface area contributed by atoms with E-state index in [-0.39, 0.29) is 18.0 Å². The highest BCUT2D eigenvalue weighted by Gasteiger charge is 2.17. The van der Waals surface area contributed by atoms with E-state index in [1.807, 2.05) is 37.4 Å². The summed E-state index contributed by atoms with van der Waals surface area (Å²) in [5.41, 5.74) is 4.23. The van der Waals surface area contributed by atoms with Gasteiger partial charge in [0.2, 0.25) is 5.91 Å². The van der Waals surface area contributed by atoms with Crippen molar-refractivity contribution in [1.82, 2.24) is 10.6 Å². The first-order chi connectivity index (χ1) is 11.5. The minimum atomic E-state index is -0.179. The molecule has 126 valence electrons. The Labute approximate surface area is 145 Å². The summed E-state index contributed by atoms with van der Waals surface area (Å²) < 4.78 is 0. The normalized spacial score (nSPS) is 14.5. The van der Waals surface area contributed by atoms with Crippen molar-refractivity contribution in [3.63, 3.8) is 0 Å². The van der Waals surface area contributed by atoms with E-state index in [9.17, 15) is 9.59 Å². The van der Waals surface area contributed by atoms with Crippen LogP contribution in [0.3, 0.4) is 0 Å². The summed E-state index contributed by atoms with van der Waals surface area (Å²) >= 11 is 1.65. The molecule has 0 radical (unpaired) electrons. The van der Waals surface area contributed by atoms with Crippen LogP contribution in [0.1, 0.15) is 41.0 Å². The molecule has 1 aromatic carbocycles. The van der Waals surface area contributed by atoms with Gasteiger partial charge in [0.15, 0.2) is 0 Å². The van der Waals surface area contributed by atoms with Crippen LogP contribution >= 0.6 is 11.3 Å². The molecule has 1 aromatic heterocycles. The fourth-order valence-corrected chi connectivity index (χ4v) is 3.60. The quantitative estimate of drug-likeness (QED) is 0.795. The molecule has 0 unspecified atom stereocenters. The average Bonchev–Trinajstić information content (AvgIpc) is 2.97. The van der Waals surface area contributed by atoms with Crippen molar-refractivity contribution in [2.75, 3.05) is 5.32 Å². The van der Waals surface area contributed by atoms with E-state index in [2.05, 4.69) is 22.0 Å². The number of thiophene rings is 1. The summed E-state index contributed by atoms with van der Waals surface area (Å²) in [6, 6.07) is 7.68. The largest absolute Gasteiger partial charge is 0.333 e. The van der Waals surface area contributed by atoms with Crippen LogP contribution in [-0.2, 0) is 17.8 Å². The molecule has 5 nitrogen and oxygen atoms in total. The van der Waals surface area contributed by atoms with Gasteiger partial charge >= 0.3 is 6.03 Å². The number of aryl methyl sites for hydroxylation is 2. The van der Waals surface area contributed by atoms with Gasteiger partial charge in [0.1, 0.15) is 0 Å². The molecule has 0 aliphatic carbocycles. The molecule has 24 heavy (non-hydrogen) atoms. The lowest BCUT2D eigenvalue weighted by Gasteiger charge is -2.20. The minimum Gasteiger partial charge on any atom is -0.333 e. The highest BCUT2D eigenvalue weighted by molar-refractivity contribution is 7.10. The van der Waals surface area contributed by atoms with Gasteiger partial charge in [-0.05, 0) is 54.5 Å². The summed E-state index contributed by atoms with van der Waals surface area (Å²) in [4.78, 5) is 24.7. The molecule has 0 spiro atoms. The van der Waals surface area contributed by atoms with Gasteiger partial charge in [-0.1, -0.05) is 12.1 Å². The average molecular weight is 343 g/mol. The molecule has 6 heteroatoms. The Morgan fingerprint density at radius 3 is 2.92 bits per heavy atom. The lowest BCUT2D eigenvalue weighted by Crippen LogP contribution is -2.36. The Hall–Kier alpha value is -2.34. The fourth-order valence-electron chi connectivity index (χ4n) is 2.75. The van der Waals surface area contributed by atoms with Crippen molar-refractivity contribution in [2.24, 2.45) is 0 Å². The Bertz CT molecular complexity index is 769. The first-order valence-corrected chi connectivity index (χ1v) is 8.91. The Morgan fingerprint density at radius 2 is 2.17 bits per heavy atom. The predicted molar refractivity (Wildman–Crippen MR) is 96.2 cm³/mol. The molecule has 3 N–H and O–H groups in total. The van der Waals surface area contributed by atoms with Crippen molar-refractivity contribution in [3.05, 3.63) is 51.2 Å². The maximum Gasteiger partial charge on any atom is 0.315 e. The monoisotopic (exact) mass is 343 g/mol. The van der Waals surface area contributed by atoms with Gasteiger partial charge < -0.3 is 16.0 Å². The van der Waals surface area contributed by atoms with Gasteiger partial charge in [-0.25, -0.2) is 4.79 Å². The van der Waals surface area contributed by atoms with E-state index in [1.54, 1.807) is 11.3 Å². The van der Waals surface area contributed by atoms with E-state index in [0.29, 0.717) is 13.0 Å². The molecule has 1 aliphatic heterocycles. The second kappa shape index (κ2) is 7.05. The zero-order valence-corrected chi connectivity index (χ0v) is 14.6. The molecular formula is C18H21N3O2S. The molecule has 2 heterocycles. The molecule has 1 aliphatic rings. The van der Waals surface area contributed by atoms with Crippen molar-refractivity contribution < 1.29 is 9.59 Å². The van der Waals surface area contributed by atoms with Crippen LogP contribution in [-0.4, -0.2) is 11.9 Å². The van der Waals surface area contributed by atoms with Gasteiger partial charge in [0.25, 0.3) is 0 Å². The second-order valence-electron chi connectivity index (χ2n) is 6.04. The van der Waals surface area contributed by atoms with E-state index >= 15 is 0 Å². The lowest BCUT2D eigenvalue weighted by atomic mass is 9.98. The third-order valence-corrected chi connectivity index (χ3v) is 5.27. The first-order valence-electron chi connectivity index (χ1n) is 8.03. The number of benzene rings is 1. The first kappa shape index (κ1) is 16.5. The number of carbonyl (C=O) groups is 2. The number of amides is 3. The molecule has 3 amide bonds. The van der Waals surface area contributed by atoms with Crippen LogP contribution in [0.2, 0.25) is 0 Å². The van der Waals surface area contributed by atoms with Gasteiger partial charge in [-0.3, -0.25) is 4.79 Å². The lowest BCUT2D eigenvalue weighted by molar-refractivity contribution is -0.116. The van der Waals surface area contributed by atoms with Crippen LogP contribution in [0.5, 0.6) is 0 Å². The summed E-state index contributed by atoms with van der Waals surface area (Å²) in [6.07, 6.45) is 1.25.